The molecular weight excluding hydrogens is 292 g/mol. The zero-order valence-electron chi connectivity index (χ0n) is 13.6. The standard InChI is InChI=1S/C16H22N6O/c1-3-17-15-9-13-11-21(8-5-14(13)19-20-15)16(23)12(2)10-22-7-4-6-18-22/h4,6-7,9,12H,3,5,8,10-11H2,1-2H3,(H,17,20)/t12-/m0/s1. The van der Waals surface area contributed by atoms with Gasteiger partial charge in [0.1, 0.15) is 5.82 Å². The average Bonchev–Trinajstić information content (AvgIpc) is 3.06. The predicted molar refractivity (Wildman–Crippen MR) is 86.7 cm³/mol. The van der Waals surface area contributed by atoms with Crippen LogP contribution in [0.2, 0.25) is 0 Å². The average molecular weight is 314 g/mol. The number of nitrogens with one attached hydrogen (secondary N) is 1. The largest absolute Gasteiger partial charge is 0.369 e. The molecule has 0 saturated heterocycles. The molecule has 0 unspecified atom stereocenters. The van der Waals surface area contributed by atoms with Gasteiger partial charge in [-0.25, -0.2) is 0 Å². The Morgan fingerprint density at radius 2 is 2.30 bits per heavy atom. The summed E-state index contributed by atoms with van der Waals surface area (Å²) in [6.07, 6.45) is 4.37. The second kappa shape index (κ2) is 6.76. The van der Waals surface area contributed by atoms with Gasteiger partial charge in [-0.3, -0.25) is 9.48 Å². The van der Waals surface area contributed by atoms with E-state index in [0.717, 1.165) is 30.0 Å². The smallest absolute Gasteiger partial charge is 0.227 e. The second-order valence-corrected chi connectivity index (χ2v) is 5.87. The lowest BCUT2D eigenvalue weighted by Crippen LogP contribution is -2.40. The molecule has 0 aromatic carbocycles. The van der Waals surface area contributed by atoms with Gasteiger partial charge in [-0.05, 0) is 24.6 Å². The van der Waals surface area contributed by atoms with Crippen LogP contribution in [0.1, 0.15) is 25.1 Å². The lowest BCUT2D eigenvalue weighted by atomic mass is 10.0. The molecule has 1 aliphatic rings. The Balaban J connectivity index is 1.67. The van der Waals surface area contributed by atoms with E-state index in [0.29, 0.717) is 19.6 Å². The molecule has 7 nitrogen and oxygen atoms in total. The fourth-order valence-electron chi connectivity index (χ4n) is 2.86. The molecule has 0 bridgehead atoms. The number of aromatic nitrogens is 4. The van der Waals surface area contributed by atoms with Crippen LogP contribution in [0.4, 0.5) is 5.82 Å². The van der Waals surface area contributed by atoms with E-state index < -0.39 is 0 Å². The Kier molecular flexibility index (Phi) is 4.55. The molecule has 1 amide bonds. The van der Waals surface area contributed by atoms with Crippen molar-refractivity contribution in [2.75, 3.05) is 18.4 Å². The van der Waals surface area contributed by atoms with Crippen LogP contribution in [0.5, 0.6) is 0 Å². The summed E-state index contributed by atoms with van der Waals surface area (Å²) in [5.41, 5.74) is 2.08. The molecule has 7 heteroatoms. The van der Waals surface area contributed by atoms with Crippen LogP contribution in [0.3, 0.4) is 0 Å². The van der Waals surface area contributed by atoms with Gasteiger partial charge >= 0.3 is 0 Å². The van der Waals surface area contributed by atoms with Gasteiger partial charge in [0, 0.05) is 38.4 Å². The summed E-state index contributed by atoms with van der Waals surface area (Å²) < 4.78 is 1.80. The van der Waals surface area contributed by atoms with Crippen molar-refractivity contribution in [3.63, 3.8) is 0 Å². The normalized spacial score (nSPS) is 15.1. The van der Waals surface area contributed by atoms with E-state index in [4.69, 9.17) is 0 Å². The van der Waals surface area contributed by atoms with Crippen LogP contribution >= 0.6 is 0 Å². The van der Waals surface area contributed by atoms with Crippen molar-refractivity contribution in [1.82, 2.24) is 24.9 Å². The summed E-state index contributed by atoms with van der Waals surface area (Å²) in [5.74, 6) is 0.831. The molecule has 1 atom stereocenters. The predicted octanol–water partition coefficient (Wildman–Crippen LogP) is 1.33. The first-order valence-electron chi connectivity index (χ1n) is 8.03. The quantitative estimate of drug-likeness (QED) is 0.901. The number of fused-ring (bicyclic) bond motifs is 1. The molecule has 122 valence electrons. The van der Waals surface area contributed by atoms with Gasteiger partial charge in [-0.2, -0.15) is 10.2 Å². The SMILES string of the molecule is CCNc1cc2c(nn1)CCN(C(=O)[C@@H](C)Cn1cccn1)C2. The van der Waals surface area contributed by atoms with Crippen LogP contribution in [-0.2, 0) is 24.3 Å². The van der Waals surface area contributed by atoms with Gasteiger partial charge in [0.05, 0.1) is 18.2 Å². The van der Waals surface area contributed by atoms with Crippen molar-refractivity contribution in [3.05, 3.63) is 35.8 Å². The zero-order chi connectivity index (χ0) is 16.2. The highest BCUT2D eigenvalue weighted by molar-refractivity contribution is 5.78. The third-order valence-corrected chi connectivity index (χ3v) is 4.05. The molecule has 2 aromatic heterocycles. The maximum Gasteiger partial charge on any atom is 0.227 e. The molecule has 0 aliphatic carbocycles. The highest BCUT2D eigenvalue weighted by Gasteiger charge is 2.26. The Labute approximate surface area is 135 Å². The molecule has 1 N–H and O–H groups in total. The molecule has 3 rings (SSSR count). The molecule has 23 heavy (non-hydrogen) atoms. The number of hydrogen-bond acceptors (Lipinski definition) is 5. The fourth-order valence-corrected chi connectivity index (χ4v) is 2.86. The lowest BCUT2D eigenvalue weighted by molar-refractivity contribution is -0.136. The van der Waals surface area contributed by atoms with Gasteiger partial charge in [-0.1, -0.05) is 6.92 Å². The first-order chi connectivity index (χ1) is 11.2. The molecule has 0 fully saturated rings. The summed E-state index contributed by atoms with van der Waals surface area (Å²) in [6.45, 7) is 6.68. The van der Waals surface area contributed by atoms with E-state index in [9.17, 15) is 4.79 Å². The third-order valence-electron chi connectivity index (χ3n) is 4.05. The molecule has 0 saturated carbocycles. The summed E-state index contributed by atoms with van der Waals surface area (Å²) in [4.78, 5) is 14.6. The second-order valence-electron chi connectivity index (χ2n) is 5.87. The zero-order valence-corrected chi connectivity index (χ0v) is 13.6. The van der Waals surface area contributed by atoms with Crippen molar-refractivity contribution >= 4 is 11.7 Å². The third kappa shape index (κ3) is 3.49. The van der Waals surface area contributed by atoms with Crippen molar-refractivity contribution in [1.29, 1.82) is 0 Å². The van der Waals surface area contributed by atoms with E-state index >= 15 is 0 Å². The molecule has 0 radical (unpaired) electrons. The van der Waals surface area contributed by atoms with Crippen LogP contribution in [0.25, 0.3) is 0 Å². The summed E-state index contributed by atoms with van der Waals surface area (Å²) in [5, 5.41) is 15.8. The maximum atomic E-state index is 12.7. The molecule has 3 heterocycles. The highest BCUT2D eigenvalue weighted by atomic mass is 16.2. The number of carbonyl (C=O) groups is 1. The molecule has 1 aliphatic heterocycles. The van der Waals surface area contributed by atoms with Gasteiger partial charge in [0.2, 0.25) is 5.91 Å². The van der Waals surface area contributed by atoms with E-state index in [2.05, 4.69) is 20.6 Å². The fraction of sp³-hybridized carbons (Fsp3) is 0.500. The van der Waals surface area contributed by atoms with Gasteiger partial charge in [0.25, 0.3) is 0 Å². The maximum absolute atomic E-state index is 12.7. The van der Waals surface area contributed by atoms with Crippen LogP contribution < -0.4 is 5.32 Å². The van der Waals surface area contributed by atoms with Crippen molar-refractivity contribution in [2.45, 2.75) is 33.4 Å². The summed E-state index contributed by atoms with van der Waals surface area (Å²) in [6, 6.07) is 3.87. The van der Waals surface area contributed by atoms with Crippen molar-refractivity contribution in [3.8, 4) is 0 Å². The van der Waals surface area contributed by atoms with Gasteiger partial charge in [0.15, 0.2) is 0 Å². The number of anilines is 1. The van der Waals surface area contributed by atoms with Gasteiger partial charge in [-0.15, -0.1) is 5.10 Å². The van der Waals surface area contributed by atoms with E-state index in [-0.39, 0.29) is 11.8 Å². The van der Waals surface area contributed by atoms with Gasteiger partial charge < -0.3 is 10.2 Å². The van der Waals surface area contributed by atoms with Crippen molar-refractivity contribution < 1.29 is 4.79 Å². The summed E-state index contributed by atoms with van der Waals surface area (Å²) in [7, 11) is 0. The number of hydrogen-bond donors (Lipinski definition) is 1. The minimum Gasteiger partial charge on any atom is -0.369 e. The number of carbonyl (C=O) groups excluding carboxylic acids is 1. The van der Waals surface area contributed by atoms with E-state index in [1.54, 1.807) is 10.9 Å². The molecule has 0 spiro atoms. The Bertz CT molecular complexity index is 669. The topological polar surface area (TPSA) is 75.9 Å². The van der Waals surface area contributed by atoms with Crippen LogP contribution in [0, 0.1) is 5.92 Å². The molecular formula is C16H22N6O. The highest BCUT2D eigenvalue weighted by Crippen LogP contribution is 2.20. The number of nitrogens with zero attached hydrogens (tertiary/aromatic N) is 5. The Morgan fingerprint density at radius 1 is 1.43 bits per heavy atom. The lowest BCUT2D eigenvalue weighted by Gasteiger charge is -2.30. The Morgan fingerprint density at radius 3 is 3.04 bits per heavy atom. The van der Waals surface area contributed by atoms with Crippen LogP contribution in [0.15, 0.2) is 24.5 Å². The number of amides is 1. The van der Waals surface area contributed by atoms with Crippen molar-refractivity contribution in [2.24, 2.45) is 5.92 Å². The number of rotatable bonds is 5. The first kappa shape index (κ1) is 15.5. The van der Waals surface area contributed by atoms with E-state index in [1.807, 2.05) is 37.1 Å². The minimum atomic E-state index is -0.0977. The van der Waals surface area contributed by atoms with E-state index in [1.165, 1.54) is 0 Å². The summed E-state index contributed by atoms with van der Waals surface area (Å²) >= 11 is 0. The molecule has 2 aromatic rings. The first-order valence-corrected chi connectivity index (χ1v) is 8.03. The van der Waals surface area contributed by atoms with Crippen LogP contribution in [-0.4, -0.2) is 43.9 Å². The Hall–Kier alpha value is -2.44. The monoisotopic (exact) mass is 314 g/mol. The minimum absolute atomic E-state index is 0.0977.